The molecule has 0 aromatic heterocycles. The molecule has 0 spiro atoms. The van der Waals surface area contributed by atoms with Crippen molar-refractivity contribution in [2.45, 2.75) is 24.8 Å². The Kier molecular flexibility index (Phi) is 5.13. The average molecular weight is 310 g/mol. The minimum atomic E-state index is -4.15. The van der Waals surface area contributed by atoms with Crippen molar-refractivity contribution in [3.8, 4) is 5.75 Å². The molecule has 8 heteroatoms. The molecule has 0 saturated carbocycles. The molecule has 0 heterocycles. The summed E-state index contributed by atoms with van der Waals surface area (Å²) in [6.45, 7) is 3.15. The standard InChI is InChI=1S/C11H13ClFNO4S/c1-7(2)14-11(15)6-18-9-4-3-8(13)5-10(9)19(12,16)17/h3-5,7H,6H2,1-2H3,(H,14,15). The van der Waals surface area contributed by atoms with Crippen molar-refractivity contribution in [1.29, 1.82) is 0 Å². The van der Waals surface area contributed by atoms with Crippen LogP contribution in [0.4, 0.5) is 4.39 Å². The molecule has 19 heavy (non-hydrogen) atoms. The van der Waals surface area contributed by atoms with E-state index in [2.05, 4.69) is 5.32 Å². The number of benzene rings is 1. The van der Waals surface area contributed by atoms with E-state index in [1.54, 1.807) is 13.8 Å². The van der Waals surface area contributed by atoms with Gasteiger partial charge in [0.2, 0.25) is 0 Å². The van der Waals surface area contributed by atoms with E-state index in [1.165, 1.54) is 0 Å². The summed E-state index contributed by atoms with van der Waals surface area (Å²) >= 11 is 0. The van der Waals surface area contributed by atoms with Gasteiger partial charge in [-0.2, -0.15) is 0 Å². The largest absolute Gasteiger partial charge is 0.482 e. The van der Waals surface area contributed by atoms with Gasteiger partial charge >= 0.3 is 0 Å². The zero-order chi connectivity index (χ0) is 14.6. The first kappa shape index (κ1) is 15.7. The minimum absolute atomic E-state index is 0.0689. The number of carbonyl (C=O) groups is 1. The van der Waals surface area contributed by atoms with Crippen LogP contribution in [0.5, 0.6) is 5.75 Å². The molecule has 5 nitrogen and oxygen atoms in total. The summed E-state index contributed by atoms with van der Waals surface area (Å²) < 4.78 is 40.5. The second-order valence-electron chi connectivity index (χ2n) is 4.04. The third kappa shape index (κ3) is 5.04. The summed E-state index contributed by atoms with van der Waals surface area (Å²) in [5.74, 6) is -1.36. The van der Waals surface area contributed by atoms with Crippen molar-refractivity contribution in [3.05, 3.63) is 24.0 Å². The summed E-state index contributed by atoms with van der Waals surface area (Å²) in [7, 11) is 1.01. The minimum Gasteiger partial charge on any atom is -0.482 e. The first-order valence-electron chi connectivity index (χ1n) is 5.36. The van der Waals surface area contributed by atoms with Crippen LogP contribution in [-0.2, 0) is 13.8 Å². The zero-order valence-electron chi connectivity index (χ0n) is 10.3. The quantitative estimate of drug-likeness (QED) is 0.840. The predicted octanol–water partition coefficient (Wildman–Crippen LogP) is 1.66. The van der Waals surface area contributed by atoms with Gasteiger partial charge in [0.1, 0.15) is 16.5 Å². The van der Waals surface area contributed by atoms with Crippen LogP contribution in [0.25, 0.3) is 0 Å². The molecule has 0 aliphatic heterocycles. The van der Waals surface area contributed by atoms with Crippen molar-refractivity contribution in [2.24, 2.45) is 0 Å². The monoisotopic (exact) mass is 309 g/mol. The van der Waals surface area contributed by atoms with E-state index in [1.807, 2.05) is 0 Å². The molecule has 0 saturated heterocycles. The number of carbonyl (C=O) groups excluding carboxylic acids is 1. The van der Waals surface area contributed by atoms with E-state index in [-0.39, 0.29) is 18.4 Å². The molecule has 0 fully saturated rings. The lowest BCUT2D eigenvalue weighted by molar-refractivity contribution is -0.123. The first-order chi connectivity index (χ1) is 8.70. The van der Waals surface area contributed by atoms with Gasteiger partial charge in [-0.05, 0) is 32.0 Å². The number of rotatable bonds is 5. The van der Waals surface area contributed by atoms with E-state index < -0.39 is 25.7 Å². The molecule has 1 aromatic carbocycles. The van der Waals surface area contributed by atoms with Gasteiger partial charge in [0.15, 0.2) is 6.61 Å². The van der Waals surface area contributed by atoms with Crippen LogP contribution in [-0.4, -0.2) is 27.0 Å². The molecule has 0 aliphatic rings. The van der Waals surface area contributed by atoms with Gasteiger partial charge in [0.25, 0.3) is 15.0 Å². The summed E-state index contributed by atoms with van der Waals surface area (Å²) in [5, 5.41) is 2.56. The summed E-state index contributed by atoms with van der Waals surface area (Å²) in [6, 6.07) is 2.78. The SMILES string of the molecule is CC(C)NC(=O)COc1ccc(F)cc1S(=O)(=O)Cl. The van der Waals surface area contributed by atoms with Crippen molar-refractivity contribution in [3.63, 3.8) is 0 Å². The number of amides is 1. The normalized spacial score (nSPS) is 11.4. The van der Waals surface area contributed by atoms with Crippen molar-refractivity contribution >= 4 is 25.6 Å². The van der Waals surface area contributed by atoms with Gasteiger partial charge < -0.3 is 10.1 Å². The summed E-state index contributed by atoms with van der Waals surface area (Å²) in [5.41, 5.74) is 0. The molecule has 0 radical (unpaired) electrons. The van der Waals surface area contributed by atoms with Crippen LogP contribution in [0.15, 0.2) is 23.1 Å². The Labute approximate surface area is 115 Å². The fourth-order valence-corrected chi connectivity index (χ4v) is 2.28. The molecule has 0 atom stereocenters. The van der Waals surface area contributed by atoms with Crippen molar-refractivity contribution < 1.29 is 22.3 Å². The molecule has 1 rings (SSSR count). The second kappa shape index (κ2) is 6.21. The van der Waals surface area contributed by atoms with E-state index in [4.69, 9.17) is 15.4 Å². The highest BCUT2D eigenvalue weighted by atomic mass is 35.7. The van der Waals surface area contributed by atoms with Crippen LogP contribution >= 0.6 is 10.7 Å². The summed E-state index contributed by atoms with van der Waals surface area (Å²) in [6.07, 6.45) is 0. The Balaban J connectivity index is 2.88. The highest BCUT2D eigenvalue weighted by molar-refractivity contribution is 8.13. The van der Waals surface area contributed by atoms with Gasteiger partial charge in [-0.3, -0.25) is 4.79 Å². The maximum atomic E-state index is 13.0. The van der Waals surface area contributed by atoms with Gasteiger partial charge in [0.05, 0.1) is 0 Å². The number of nitrogens with one attached hydrogen (secondary N) is 1. The van der Waals surface area contributed by atoms with E-state index in [0.29, 0.717) is 0 Å². The molecule has 0 aliphatic carbocycles. The van der Waals surface area contributed by atoms with Gasteiger partial charge in [-0.1, -0.05) is 0 Å². The molecule has 1 aromatic rings. The summed E-state index contributed by atoms with van der Waals surface area (Å²) in [4.78, 5) is 10.9. The maximum Gasteiger partial charge on any atom is 0.265 e. The fourth-order valence-electron chi connectivity index (χ4n) is 1.30. The molecule has 1 amide bonds. The Morgan fingerprint density at radius 1 is 1.47 bits per heavy atom. The van der Waals surface area contributed by atoms with Crippen LogP contribution in [0.1, 0.15) is 13.8 Å². The van der Waals surface area contributed by atoms with Crippen molar-refractivity contribution in [1.82, 2.24) is 5.32 Å². The highest BCUT2D eigenvalue weighted by Gasteiger charge is 2.18. The molecule has 1 N–H and O–H groups in total. The average Bonchev–Trinajstić information content (AvgIpc) is 2.25. The number of ether oxygens (including phenoxy) is 1. The third-order valence-electron chi connectivity index (χ3n) is 1.98. The number of hydrogen-bond acceptors (Lipinski definition) is 4. The topological polar surface area (TPSA) is 72.5 Å². The number of halogens is 2. The fraction of sp³-hybridized carbons (Fsp3) is 0.364. The highest BCUT2D eigenvalue weighted by Crippen LogP contribution is 2.27. The van der Waals surface area contributed by atoms with Gasteiger partial charge in [-0.25, -0.2) is 12.8 Å². The van der Waals surface area contributed by atoms with Crippen LogP contribution in [0, 0.1) is 5.82 Å². The van der Waals surface area contributed by atoms with Gasteiger partial charge in [-0.15, -0.1) is 0 Å². The second-order valence-corrected chi connectivity index (χ2v) is 6.57. The third-order valence-corrected chi connectivity index (χ3v) is 3.32. The van der Waals surface area contributed by atoms with E-state index >= 15 is 0 Å². The maximum absolute atomic E-state index is 13.0. The van der Waals surface area contributed by atoms with Crippen LogP contribution < -0.4 is 10.1 Å². The predicted molar refractivity (Wildman–Crippen MR) is 68.2 cm³/mol. The van der Waals surface area contributed by atoms with E-state index in [0.717, 1.165) is 18.2 Å². The van der Waals surface area contributed by atoms with Crippen LogP contribution in [0.3, 0.4) is 0 Å². The molecular weight excluding hydrogens is 297 g/mol. The zero-order valence-corrected chi connectivity index (χ0v) is 11.9. The smallest absolute Gasteiger partial charge is 0.265 e. The van der Waals surface area contributed by atoms with Crippen molar-refractivity contribution in [2.75, 3.05) is 6.61 Å². The van der Waals surface area contributed by atoms with Gasteiger partial charge in [0, 0.05) is 16.7 Å². The Morgan fingerprint density at radius 2 is 2.11 bits per heavy atom. The Hall–Kier alpha value is -1.34. The Bertz CT molecular complexity index is 574. The Morgan fingerprint density at radius 3 is 2.63 bits per heavy atom. The van der Waals surface area contributed by atoms with Crippen LogP contribution in [0.2, 0.25) is 0 Å². The first-order valence-corrected chi connectivity index (χ1v) is 7.67. The lowest BCUT2D eigenvalue weighted by Crippen LogP contribution is -2.34. The molecule has 106 valence electrons. The lowest BCUT2D eigenvalue weighted by atomic mass is 10.3. The molecule has 0 unspecified atom stereocenters. The van der Waals surface area contributed by atoms with E-state index in [9.17, 15) is 17.6 Å². The molecular formula is C11H13ClFNO4S. The molecule has 0 bridgehead atoms. The number of hydrogen-bond donors (Lipinski definition) is 1. The lowest BCUT2D eigenvalue weighted by Gasteiger charge is -2.11.